The molecule has 0 aromatic carbocycles. The van der Waals surface area contributed by atoms with E-state index in [1.165, 1.54) is 33.4 Å². The molecule has 8 unspecified atom stereocenters. The fraction of sp³-hybridized carbons (Fsp3) is 0.947. The fourth-order valence-corrected chi connectivity index (χ4v) is 8.14. The molecule has 0 saturated carbocycles. The van der Waals surface area contributed by atoms with Crippen molar-refractivity contribution >= 4 is 47.0 Å². The molecule has 0 rings (SSSR count). The van der Waals surface area contributed by atoms with Crippen LogP contribution >= 0.6 is 34.4 Å². The van der Waals surface area contributed by atoms with E-state index in [1.54, 1.807) is 0 Å². The summed E-state index contributed by atoms with van der Waals surface area (Å²) in [5, 5.41) is 18.1. The monoisotopic (exact) mass is 1400 g/mol. The summed E-state index contributed by atoms with van der Waals surface area (Å²) in [5.74, 6) is -41.9. The molecule has 0 aliphatic carbocycles. The van der Waals surface area contributed by atoms with Crippen molar-refractivity contribution in [2.45, 2.75) is 175 Å². The van der Waals surface area contributed by atoms with Crippen LogP contribution in [-0.4, -0.2) is 94.6 Å². The van der Waals surface area contributed by atoms with E-state index in [2.05, 4.69) is 12.6 Å². The van der Waals surface area contributed by atoms with Crippen LogP contribution in [0.15, 0.2) is 0 Å². The van der Waals surface area contributed by atoms with Gasteiger partial charge in [-0.1, -0.05) is 28.0 Å². The van der Waals surface area contributed by atoms with Crippen LogP contribution in [0, 0.1) is 56.8 Å². The molecule has 0 amide bonds. The Morgan fingerprint density at radius 2 is 0.615 bits per heavy atom. The number of thiocyanates is 2. The van der Waals surface area contributed by atoms with Crippen molar-refractivity contribution in [1.82, 2.24) is 0 Å². The molecule has 40 heteroatoms. The predicted octanol–water partition coefficient (Wildman–Crippen LogP) is 16.5. The van der Waals surface area contributed by atoms with E-state index in [1.807, 2.05) is 0 Å². The van der Waals surface area contributed by atoms with Gasteiger partial charge in [-0.05, 0) is 64.1 Å². The zero-order chi connectivity index (χ0) is 62.5. The first-order valence-corrected chi connectivity index (χ1v) is 23.4. The van der Waals surface area contributed by atoms with Gasteiger partial charge in [0, 0.05) is 23.0 Å². The predicted molar refractivity (Wildman–Crippen MR) is 214 cm³/mol. The minimum atomic E-state index is -5.99. The van der Waals surface area contributed by atoms with Gasteiger partial charge in [-0.2, -0.15) is 111 Å². The maximum absolute atomic E-state index is 14.1. The molecule has 0 aromatic rings. The van der Waals surface area contributed by atoms with Gasteiger partial charge < -0.3 is 12.6 Å². The topological polar surface area (TPSA) is 47.6 Å². The van der Waals surface area contributed by atoms with E-state index < -0.39 is 217 Å². The molecule has 460 valence electrons. The van der Waals surface area contributed by atoms with E-state index in [4.69, 9.17) is 10.5 Å². The first kappa shape index (κ1) is 84.0. The first-order chi connectivity index (χ1) is 33.5. The molecule has 0 aliphatic heterocycles. The van der Waals surface area contributed by atoms with Gasteiger partial charge in [0.25, 0.3) is 23.7 Å². The van der Waals surface area contributed by atoms with Gasteiger partial charge in [0.2, 0.25) is 11.3 Å². The normalized spacial score (nSPS) is 17.9. The van der Waals surface area contributed by atoms with Gasteiger partial charge in [0.15, 0.2) is 0 Å². The second kappa shape index (κ2) is 31.1. The maximum atomic E-state index is 14.1. The number of hydrogen-bond donors (Lipinski definition) is 0. The SMILES string of the molecule is CC(F)(CC(F)(F)CC(F)(F)CC(CC(CC(CCI)C(F)(F)F)C(F)(F)F)C(F)(F)F)C(F)(F)F.CC(F)(CC(F)(F)CC(F)(F)CC(CC(CC(CCSC#N)C(F)(F)F)C(F)(F)F)C(F)(F)F)C(F)(F)F.N#C[S-].[K+]. The van der Waals surface area contributed by atoms with Gasteiger partial charge in [-0.3, -0.25) is 0 Å². The average molecular weight is 1400 g/mol. The summed E-state index contributed by atoms with van der Waals surface area (Å²) in [5.41, 5.74) is -9.49. The molecule has 0 bridgehead atoms. The van der Waals surface area contributed by atoms with Crippen LogP contribution < -0.4 is 51.4 Å². The van der Waals surface area contributed by atoms with Crippen molar-refractivity contribution in [2.24, 2.45) is 35.5 Å². The number of alkyl halides is 35. The molecule has 0 N–H and O–H groups in total. The molecule has 8 atom stereocenters. The summed E-state index contributed by atoms with van der Waals surface area (Å²) < 4.78 is 451. The van der Waals surface area contributed by atoms with Crippen LogP contribution in [0.5, 0.6) is 0 Å². The minimum absolute atomic E-state index is 0. The Morgan fingerprint density at radius 3 is 0.821 bits per heavy atom. The van der Waals surface area contributed by atoms with Gasteiger partial charge in [0.05, 0.1) is 61.2 Å². The van der Waals surface area contributed by atoms with Gasteiger partial charge in [-0.15, -0.1) is 0 Å². The number of nitriles is 2. The Morgan fingerprint density at radius 1 is 0.385 bits per heavy atom. The number of hydrogen-bond acceptors (Lipinski definition) is 4. The molecule has 0 saturated heterocycles. The zero-order valence-electron chi connectivity index (χ0n) is 39.3. The van der Waals surface area contributed by atoms with Gasteiger partial charge in [0.1, 0.15) is 5.40 Å². The van der Waals surface area contributed by atoms with Crippen LogP contribution in [0.2, 0.25) is 0 Å². The van der Waals surface area contributed by atoms with E-state index >= 15 is 0 Å². The van der Waals surface area contributed by atoms with Crippen molar-refractivity contribution < 1.29 is 201 Å². The number of rotatable bonds is 25. The van der Waals surface area contributed by atoms with Crippen molar-refractivity contribution in [2.75, 3.05) is 10.2 Å². The summed E-state index contributed by atoms with van der Waals surface area (Å²) in [4.78, 5) is 0. The second-order valence-electron chi connectivity index (χ2n) is 17.6. The molecule has 0 aliphatic rings. The number of halogens is 35. The summed E-state index contributed by atoms with van der Waals surface area (Å²) in [7, 11) is 0. The fourth-order valence-electron chi connectivity index (χ4n) is 6.89. The molecular weight excluding hydrogens is 1360 g/mol. The van der Waals surface area contributed by atoms with Crippen molar-refractivity contribution in [3.8, 4) is 10.8 Å². The quantitative estimate of drug-likeness (QED) is 0.0174. The molecule has 0 aromatic heterocycles. The van der Waals surface area contributed by atoms with Crippen molar-refractivity contribution in [3.05, 3.63) is 0 Å². The smallest absolute Gasteiger partial charge is 0.696 e. The van der Waals surface area contributed by atoms with Crippen LogP contribution in [0.3, 0.4) is 0 Å². The summed E-state index contributed by atoms with van der Waals surface area (Å²) in [6, 6.07) is 0. The zero-order valence-corrected chi connectivity index (χ0v) is 46.2. The molecule has 0 spiro atoms. The molecule has 0 radical (unpaired) electrons. The van der Waals surface area contributed by atoms with Crippen LogP contribution in [-0.2, 0) is 12.6 Å². The maximum Gasteiger partial charge on any atom is 1.00 e. The molecule has 2 nitrogen and oxygen atoms in total. The first-order valence-electron chi connectivity index (χ1n) is 20.5. The Bertz CT molecular complexity index is 1800. The second-order valence-corrected chi connectivity index (χ2v) is 19.7. The van der Waals surface area contributed by atoms with Crippen LogP contribution in [0.25, 0.3) is 0 Å². The van der Waals surface area contributed by atoms with E-state index in [0.29, 0.717) is 0 Å². The van der Waals surface area contributed by atoms with Gasteiger partial charge >= 0.3 is 101 Å². The molecule has 0 fully saturated rings. The third-order valence-corrected chi connectivity index (χ3v) is 11.8. The van der Waals surface area contributed by atoms with Crippen LogP contribution in [0.1, 0.15) is 90.9 Å². The summed E-state index contributed by atoms with van der Waals surface area (Å²) in [6.07, 6.45) is -74.6. The molecule has 78 heavy (non-hydrogen) atoms. The third-order valence-electron chi connectivity index (χ3n) is 10.6. The minimum Gasteiger partial charge on any atom is -0.696 e. The van der Waals surface area contributed by atoms with Crippen molar-refractivity contribution in [1.29, 1.82) is 10.5 Å². The molecule has 0 heterocycles. The van der Waals surface area contributed by atoms with E-state index in [-0.39, 0.29) is 67.6 Å². The summed E-state index contributed by atoms with van der Waals surface area (Å²) in [6.45, 7) is -0.879. The Balaban J connectivity index is -0.000000660. The Labute approximate surface area is 486 Å². The van der Waals surface area contributed by atoms with Crippen molar-refractivity contribution in [3.63, 3.8) is 0 Å². The average Bonchev–Trinajstić information content (AvgIpc) is 3.11. The summed E-state index contributed by atoms with van der Waals surface area (Å²) >= 11 is 5.26. The number of thioether (sulfide) groups is 1. The van der Waals surface area contributed by atoms with Crippen LogP contribution in [0.4, 0.5) is 149 Å². The largest absolute Gasteiger partial charge is 1.00 e. The third kappa shape index (κ3) is 33.7. The Hall–Kier alpha value is -0.464. The van der Waals surface area contributed by atoms with E-state index in [9.17, 15) is 149 Å². The standard InChI is InChI=1S/C19H20F17NS.C18H20F17I.CHNS.K/c1-13(20,19(34,35)36)7-15(23,24)8-14(21,22)6-12(18(31,32)33)5-11(17(28,29)30)4-10(16(25,26)27)2-3-38-9-37;1-12(19,18(33,34)35)7-14(22,23)8-13(20,21)6-11(17(30,31)32)5-10(16(27,28)29)4-9(2-3-36)15(24,25)26;2-1-3;/h10-12H,2-8H2,1H3;9-11H,2-8H2,1H3;3H;/q;;;+1/p-1. The number of nitrogens with zero attached hydrogens (tertiary/aromatic N) is 2. The van der Waals surface area contributed by atoms with E-state index in [0.717, 1.165) is 0 Å². The Kier molecular flexibility index (Phi) is 33.5. The van der Waals surface area contributed by atoms with Gasteiger partial charge in [-0.25, -0.2) is 49.2 Å². The molecular formula is C38H40F34IKN2S2.